The molecule has 0 saturated heterocycles. The third-order valence-electron chi connectivity index (χ3n) is 5.85. The fraction of sp³-hybridized carbons (Fsp3) is 0.240. The number of hydrogen-bond acceptors (Lipinski definition) is 7. The molecule has 2 heterocycles. The first kappa shape index (κ1) is 24.6. The van der Waals surface area contributed by atoms with Gasteiger partial charge < -0.3 is 5.32 Å². The van der Waals surface area contributed by atoms with Crippen molar-refractivity contribution < 1.29 is 17.6 Å². The van der Waals surface area contributed by atoms with E-state index in [0.29, 0.717) is 32.7 Å². The van der Waals surface area contributed by atoms with E-state index in [9.17, 15) is 18.0 Å². The summed E-state index contributed by atoms with van der Waals surface area (Å²) >= 11 is 6.67. The number of rotatable bonds is 8. The van der Waals surface area contributed by atoms with Crippen LogP contribution in [0.1, 0.15) is 24.2 Å². The minimum absolute atomic E-state index is 0.00382. The normalized spacial score (nSPS) is 13.8. The highest BCUT2D eigenvalue weighted by Gasteiger charge is 2.23. The van der Waals surface area contributed by atoms with Crippen molar-refractivity contribution in [3.8, 4) is 5.69 Å². The molecule has 0 bridgehead atoms. The molecule has 2 aromatic carbocycles. The molecule has 0 radical (unpaired) electrons. The number of nitrogens with one attached hydrogen (secondary N) is 1. The van der Waals surface area contributed by atoms with Gasteiger partial charge in [-0.25, -0.2) is 17.8 Å². The zero-order valence-electron chi connectivity index (χ0n) is 19.1. The van der Waals surface area contributed by atoms with Crippen molar-refractivity contribution in [3.63, 3.8) is 0 Å². The van der Waals surface area contributed by atoms with Crippen molar-refractivity contribution in [3.05, 3.63) is 80.4 Å². The Morgan fingerprint density at radius 3 is 2.64 bits per heavy atom. The van der Waals surface area contributed by atoms with E-state index in [2.05, 4.69) is 10.3 Å². The number of sulfone groups is 1. The van der Waals surface area contributed by atoms with E-state index >= 15 is 4.39 Å². The van der Waals surface area contributed by atoms with Crippen LogP contribution in [-0.2, 0) is 21.1 Å². The molecule has 11 heteroatoms. The number of carbonyl (C=O) groups is 1. The molecule has 7 nitrogen and oxygen atoms in total. The number of Topliss-reactive ketones (excluding diaryl/α,β-unsaturated/α-hetero) is 1. The van der Waals surface area contributed by atoms with Gasteiger partial charge in [0.05, 0.1) is 20.9 Å². The molecular weight excluding hydrogens is 525 g/mol. The fourth-order valence-corrected chi connectivity index (χ4v) is 6.81. The van der Waals surface area contributed by atoms with Crippen molar-refractivity contribution in [2.24, 2.45) is 0 Å². The summed E-state index contributed by atoms with van der Waals surface area (Å²) in [5.74, 6) is -1.69. The molecule has 186 valence electrons. The molecule has 0 unspecified atom stereocenters. The monoisotopic (exact) mass is 545 g/mol. The van der Waals surface area contributed by atoms with E-state index in [4.69, 9.17) is 11.6 Å². The number of thiophene rings is 1. The van der Waals surface area contributed by atoms with Gasteiger partial charge >= 0.3 is 0 Å². The summed E-state index contributed by atoms with van der Waals surface area (Å²) in [6.07, 6.45) is 1.97. The highest BCUT2D eigenvalue weighted by atomic mass is 35.5. The van der Waals surface area contributed by atoms with E-state index < -0.39 is 32.7 Å². The highest BCUT2D eigenvalue weighted by Crippen LogP contribution is 2.28. The molecule has 1 N–H and O–H groups in total. The lowest BCUT2D eigenvalue weighted by atomic mass is 10.1. The van der Waals surface area contributed by atoms with Crippen LogP contribution in [0.2, 0.25) is 4.34 Å². The molecule has 4 aromatic rings. The maximum Gasteiger partial charge on any atom is 0.266 e. The summed E-state index contributed by atoms with van der Waals surface area (Å²) in [5.41, 5.74) is 1.31. The van der Waals surface area contributed by atoms with Gasteiger partial charge in [-0.1, -0.05) is 17.7 Å². The smallest absolute Gasteiger partial charge is 0.266 e. The number of benzene rings is 2. The first-order valence-corrected chi connectivity index (χ1v) is 14.0. The molecule has 0 spiro atoms. The molecule has 0 aliphatic heterocycles. The number of carbonyl (C=O) groups excluding carboxylic acids is 1. The van der Waals surface area contributed by atoms with Crippen molar-refractivity contribution >= 4 is 55.1 Å². The maximum absolute atomic E-state index is 15.1. The second-order valence-corrected chi connectivity index (χ2v) is 12.7. The molecule has 1 aliphatic carbocycles. The summed E-state index contributed by atoms with van der Waals surface area (Å²) in [6.45, 7) is 1.63. The molecule has 1 aliphatic rings. The van der Waals surface area contributed by atoms with Crippen LogP contribution in [-0.4, -0.2) is 35.5 Å². The summed E-state index contributed by atoms with van der Waals surface area (Å²) in [6, 6.07) is 12.6. The van der Waals surface area contributed by atoms with E-state index in [-0.39, 0.29) is 16.3 Å². The number of aromatic nitrogens is 2. The Morgan fingerprint density at radius 2 is 1.97 bits per heavy atom. The lowest BCUT2D eigenvalue weighted by Crippen LogP contribution is -2.23. The SMILES string of the molecule is Cc1nc2cc(NC3CC3)ccc2c(=O)n1-c1ccc(CC(=O)CS(=O)(=O)c2ccc(Cl)s2)cc1F. The minimum atomic E-state index is -3.83. The Morgan fingerprint density at radius 1 is 1.19 bits per heavy atom. The van der Waals surface area contributed by atoms with Gasteiger partial charge in [0.1, 0.15) is 21.6 Å². The number of fused-ring (bicyclic) bond motifs is 1. The lowest BCUT2D eigenvalue weighted by Gasteiger charge is -2.13. The highest BCUT2D eigenvalue weighted by molar-refractivity contribution is 7.94. The van der Waals surface area contributed by atoms with Gasteiger partial charge in [-0.3, -0.25) is 14.2 Å². The van der Waals surface area contributed by atoms with E-state index in [0.717, 1.165) is 35.9 Å². The van der Waals surface area contributed by atoms with Crippen molar-refractivity contribution in [2.75, 3.05) is 11.1 Å². The Kier molecular flexibility index (Phi) is 6.44. The van der Waals surface area contributed by atoms with Gasteiger partial charge in [0.2, 0.25) is 0 Å². The van der Waals surface area contributed by atoms with Crippen LogP contribution in [0.3, 0.4) is 0 Å². The molecule has 1 fully saturated rings. The number of hydrogen-bond donors (Lipinski definition) is 1. The van der Waals surface area contributed by atoms with Crippen LogP contribution < -0.4 is 10.9 Å². The summed E-state index contributed by atoms with van der Waals surface area (Å²) < 4.78 is 41.5. The van der Waals surface area contributed by atoms with E-state index in [1.54, 1.807) is 13.0 Å². The second-order valence-electron chi connectivity index (χ2n) is 8.77. The van der Waals surface area contributed by atoms with Crippen molar-refractivity contribution in [2.45, 2.75) is 36.4 Å². The molecule has 5 rings (SSSR count). The van der Waals surface area contributed by atoms with E-state index in [1.807, 2.05) is 12.1 Å². The topological polar surface area (TPSA) is 98.1 Å². The first-order valence-electron chi connectivity index (χ1n) is 11.2. The van der Waals surface area contributed by atoms with Gasteiger partial charge in [-0.2, -0.15) is 0 Å². The maximum atomic E-state index is 15.1. The molecule has 1 saturated carbocycles. The predicted molar refractivity (Wildman–Crippen MR) is 139 cm³/mol. The quantitative estimate of drug-likeness (QED) is 0.344. The van der Waals surface area contributed by atoms with Gasteiger partial charge in [0, 0.05) is 18.2 Å². The first-order chi connectivity index (χ1) is 17.1. The lowest BCUT2D eigenvalue weighted by molar-refractivity contribution is -0.116. The summed E-state index contributed by atoms with van der Waals surface area (Å²) in [4.78, 5) is 30.1. The van der Waals surface area contributed by atoms with Gasteiger partial charge in [-0.15, -0.1) is 11.3 Å². The second kappa shape index (κ2) is 9.42. The average molecular weight is 546 g/mol. The van der Waals surface area contributed by atoms with Crippen LogP contribution >= 0.6 is 22.9 Å². The Balaban J connectivity index is 1.39. The standard InChI is InChI=1S/C25H21ClFN3O4S2/c1-14-28-21-12-17(29-16-3-4-16)5-6-19(21)25(32)30(14)22-7-2-15(11-20(22)27)10-18(31)13-36(33,34)24-9-8-23(26)35-24/h2,5-9,11-12,16,29H,3-4,10,13H2,1H3. The van der Waals surface area contributed by atoms with Crippen LogP contribution in [0.4, 0.5) is 10.1 Å². The Bertz CT molecular complexity index is 1680. The fourth-order valence-electron chi connectivity index (χ4n) is 4.00. The average Bonchev–Trinajstić information content (AvgIpc) is 3.50. The number of anilines is 1. The molecule has 2 aromatic heterocycles. The number of aryl methyl sites for hydroxylation is 1. The number of nitrogens with zero attached hydrogens (tertiary/aromatic N) is 2. The van der Waals surface area contributed by atoms with Gasteiger partial charge in [0.15, 0.2) is 15.6 Å². The van der Waals surface area contributed by atoms with Crippen LogP contribution in [0.25, 0.3) is 16.6 Å². The van der Waals surface area contributed by atoms with E-state index in [1.165, 1.54) is 28.8 Å². The molecule has 0 amide bonds. The van der Waals surface area contributed by atoms with Crippen LogP contribution in [0, 0.1) is 12.7 Å². The third kappa shape index (κ3) is 5.07. The summed E-state index contributed by atoms with van der Waals surface area (Å²) in [5, 5.41) is 3.73. The largest absolute Gasteiger partial charge is 0.382 e. The zero-order chi connectivity index (χ0) is 25.6. The molecule has 0 atom stereocenters. The number of ketones is 1. The third-order valence-corrected chi connectivity index (χ3v) is 9.33. The number of halogens is 2. The van der Waals surface area contributed by atoms with Crippen LogP contribution in [0.5, 0.6) is 0 Å². The Labute approximate surface area is 215 Å². The van der Waals surface area contributed by atoms with Gasteiger partial charge in [-0.05, 0) is 67.8 Å². The molecular formula is C25H21ClFN3O4S2. The van der Waals surface area contributed by atoms with Crippen LogP contribution in [0.15, 0.2) is 57.5 Å². The minimum Gasteiger partial charge on any atom is -0.382 e. The Hall–Kier alpha value is -3.08. The van der Waals surface area contributed by atoms with Crippen molar-refractivity contribution in [1.82, 2.24) is 9.55 Å². The predicted octanol–water partition coefficient (Wildman–Crippen LogP) is 4.71. The van der Waals surface area contributed by atoms with Gasteiger partial charge in [0.25, 0.3) is 5.56 Å². The van der Waals surface area contributed by atoms with Crippen molar-refractivity contribution in [1.29, 1.82) is 0 Å². The molecule has 36 heavy (non-hydrogen) atoms. The summed E-state index contributed by atoms with van der Waals surface area (Å²) in [7, 11) is -3.83. The zero-order valence-corrected chi connectivity index (χ0v) is 21.5.